The van der Waals surface area contributed by atoms with Gasteiger partial charge in [-0.1, -0.05) is 18.2 Å². The van der Waals surface area contributed by atoms with E-state index < -0.39 is 0 Å². The van der Waals surface area contributed by atoms with Gasteiger partial charge in [0, 0.05) is 18.1 Å². The SMILES string of the molecule is COc1ccc(-c2ncc3n2CN(C(C)=O)c2ccccc2-3)cc1. The molecule has 3 aromatic rings. The van der Waals surface area contributed by atoms with E-state index >= 15 is 0 Å². The standard InChI is InChI=1S/C19H17N3O2/c1-13(23)21-12-22-18(16-5-3-4-6-17(16)21)11-20-19(22)14-7-9-15(24-2)10-8-14/h3-11H,12H2,1-2H3. The van der Waals surface area contributed by atoms with Gasteiger partial charge in [-0.25, -0.2) is 4.98 Å². The van der Waals surface area contributed by atoms with Crippen LogP contribution in [0.15, 0.2) is 54.7 Å². The highest BCUT2D eigenvalue weighted by atomic mass is 16.5. The summed E-state index contributed by atoms with van der Waals surface area (Å²) < 4.78 is 7.29. The highest BCUT2D eigenvalue weighted by Crippen LogP contribution is 2.38. The molecule has 0 saturated heterocycles. The van der Waals surface area contributed by atoms with Gasteiger partial charge in [0.2, 0.25) is 5.91 Å². The summed E-state index contributed by atoms with van der Waals surface area (Å²) >= 11 is 0. The summed E-state index contributed by atoms with van der Waals surface area (Å²) in [5.41, 5.74) is 3.96. The number of nitrogens with zero attached hydrogens (tertiary/aromatic N) is 3. The predicted octanol–water partition coefficient (Wildman–Crippen LogP) is 3.55. The topological polar surface area (TPSA) is 47.4 Å². The van der Waals surface area contributed by atoms with Crippen molar-refractivity contribution in [2.45, 2.75) is 13.6 Å². The normalized spacial score (nSPS) is 12.5. The number of para-hydroxylation sites is 1. The van der Waals surface area contributed by atoms with E-state index in [2.05, 4.69) is 9.55 Å². The van der Waals surface area contributed by atoms with Gasteiger partial charge in [0.05, 0.1) is 24.7 Å². The van der Waals surface area contributed by atoms with Crippen LogP contribution in [0, 0.1) is 0 Å². The Hall–Kier alpha value is -3.08. The molecule has 1 amide bonds. The fraction of sp³-hybridized carbons (Fsp3) is 0.158. The summed E-state index contributed by atoms with van der Waals surface area (Å²) in [6.07, 6.45) is 1.87. The number of imidazole rings is 1. The van der Waals surface area contributed by atoms with Crippen molar-refractivity contribution in [3.8, 4) is 28.4 Å². The van der Waals surface area contributed by atoms with E-state index in [-0.39, 0.29) is 5.91 Å². The third-order valence-corrected chi connectivity index (χ3v) is 4.34. The Morgan fingerprint density at radius 3 is 2.58 bits per heavy atom. The minimum Gasteiger partial charge on any atom is -0.497 e. The molecule has 24 heavy (non-hydrogen) atoms. The molecule has 0 atom stereocenters. The van der Waals surface area contributed by atoms with Crippen LogP contribution in [0.1, 0.15) is 6.92 Å². The van der Waals surface area contributed by atoms with Crippen LogP contribution >= 0.6 is 0 Å². The third-order valence-electron chi connectivity index (χ3n) is 4.34. The summed E-state index contributed by atoms with van der Waals surface area (Å²) in [5.74, 6) is 1.66. The number of ether oxygens (including phenoxy) is 1. The summed E-state index contributed by atoms with van der Waals surface area (Å²) in [4.78, 5) is 18.5. The van der Waals surface area contributed by atoms with Gasteiger partial charge < -0.3 is 9.30 Å². The second-order valence-electron chi connectivity index (χ2n) is 5.73. The Labute approximate surface area is 140 Å². The molecule has 0 unspecified atom stereocenters. The Morgan fingerprint density at radius 2 is 1.88 bits per heavy atom. The number of methoxy groups -OCH3 is 1. The first-order valence-corrected chi connectivity index (χ1v) is 7.76. The molecule has 0 radical (unpaired) electrons. The number of anilines is 1. The average Bonchev–Trinajstić information content (AvgIpc) is 3.05. The second kappa shape index (κ2) is 5.53. The number of fused-ring (bicyclic) bond motifs is 3. The number of aromatic nitrogens is 2. The van der Waals surface area contributed by atoms with Crippen molar-refractivity contribution in [2.75, 3.05) is 12.0 Å². The zero-order valence-corrected chi connectivity index (χ0v) is 13.6. The van der Waals surface area contributed by atoms with Crippen LogP contribution < -0.4 is 9.64 Å². The Balaban J connectivity index is 1.86. The quantitative estimate of drug-likeness (QED) is 0.726. The molecule has 4 rings (SSSR count). The largest absolute Gasteiger partial charge is 0.497 e. The maximum Gasteiger partial charge on any atom is 0.225 e. The van der Waals surface area contributed by atoms with Crippen molar-refractivity contribution in [1.82, 2.24) is 9.55 Å². The Bertz CT molecular complexity index is 913. The first kappa shape index (κ1) is 14.5. The van der Waals surface area contributed by atoms with Gasteiger partial charge in [-0.15, -0.1) is 0 Å². The Morgan fingerprint density at radius 1 is 1.12 bits per heavy atom. The molecular formula is C19H17N3O2. The molecule has 2 heterocycles. The molecule has 0 spiro atoms. The lowest BCUT2D eigenvalue weighted by atomic mass is 10.1. The van der Waals surface area contributed by atoms with Crippen LogP contribution in [0.5, 0.6) is 5.75 Å². The molecule has 1 aliphatic rings. The van der Waals surface area contributed by atoms with Crippen LogP contribution in [-0.2, 0) is 11.5 Å². The smallest absolute Gasteiger partial charge is 0.225 e. The highest BCUT2D eigenvalue weighted by Gasteiger charge is 2.26. The molecule has 5 nitrogen and oxygen atoms in total. The zero-order valence-electron chi connectivity index (χ0n) is 13.6. The number of carbonyl (C=O) groups is 1. The van der Waals surface area contributed by atoms with Gasteiger partial charge in [-0.05, 0) is 30.3 Å². The lowest BCUT2D eigenvalue weighted by Gasteiger charge is -2.30. The maximum absolute atomic E-state index is 12.1. The lowest BCUT2D eigenvalue weighted by Crippen LogP contribution is -2.34. The van der Waals surface area contributed by atoms with Crippen LogP contribution in [0.4, 0.5) is 5.69 Å². The zero-order chi connectivity index (χ0) is 16.7. The number of hydrogen-bond donors (Lipinski definition) is 0. The monoisotopic (exact) mass is 319 g/mol. The molecule has 0 fully saturated rings. The van der Waals surface area contributed by atoms with Crippen molar-refractivity contribution in [3.63, 3.8) is 0 Å². The van der Waals surface area contributed by atoms with Gasteiger partial charge in [0.1, 0.15) is 18.2 Å². The van der Waals surface area contributed by atoms with Gasteiger partial charge in [0.25, 0.3) is 0 Å². The number of benzene rings is 2. The van der Waals surface area contributed by atoms with Crippen LogP contribution in [0.2, 0.25) is 0 Å². The van der Waals surface area contributed by atoms with Crippen molar-refractivity contribution in [3.05, 3.63) is 54.7 Å². The van der Waals surface area contributed by atoms with Crippen molar-refractivity contribution in [1.29, 1.82) is 0 Å². The minimum atomic E-state index is 0.0162. The van der Waals surface area contributed by atoms with Gasteiger partial charge in [0.15, 0.2) is 0 Å². The van der Waals surface area contributed by atoms with Gasteiger partial charge in [-0.3, -0.25) is 9.69 Å². The summed E-state index contributed by atoms with van der Waals surface area (Å²) in [7, 11) is 1.65. The van der Waals surface area contributed by atoms with Crippen molar-refractivity contribution >= 4 is 11.6 Å². The molecule has 1 aliphatic heterocycles. The fourth-order valence-electron chi connectivity index (χ4n) is 3.12. The summed E-state index contributed by atoms with van der Waals surface area (Å²) in [6.45, 7) is 2.05. The second-order valence-corrected chi connectivity index (χ2v) is 5.73. The average molecular weight is 319 g/mol. The van der Waals surface area contributed by atoms with Crippen molar-refractivity contribution < 1.29 is 9.53 Å². The van der Waals surface area contributed by atoms with E-state index in [1.54, 1.807) is 18.9 Å². The highest BCUT2D eigenvalue weighted by molar-refractivity contribution is 5.97. The van der Waals surface area contributed by atoms with E-state index in [1.165, 1.54) is 0 Å². The molecular weight excluding hydrogens is 302 g/mol. The van der Waals surface area contributed by atoms with E-state index in [0.29, 0.717) is 6.67 Å². The first-order chi connectivity index (χ1) is 11.7. The van der Waals surface area contributed by atoms with E-state index in [0.717, 1.165) is 34.1 Å². The van der Waals surface area contributed by atoms with Crippen LogP contribution in [-0.4, -0.2) is 22.6 Å². The molecule has 0 aliphatic carbocycles. The number of amides is 1. The molecule has 2 aromatic carbocycles. The van der Waals surface area contributed by atoms with Crippen LogP contribution in [0.3, 0.4) is 0 Å². The Kier molecular flexibility index (Phi) is 3.34. The summed E-state index contributed by atoms with van der Waals surface area (Å²) in [5, 5.41) is 0. The van der Waals surface area contributed by atoms with Crippen molar-refractivity contribution in [2.24, 2.45) is 0 Å². The minimum absolute atomic E-state index is 0.0162. The first-order valence-electron chi connectivity index (χ1n) is 7.76. The third kappa shape index (κ3) is 2.17. The molecule has 5 heteroatoms. The molecule has 0 bridgehead atoms. The lowest BCUT2D eigenvalue weighted by molar-refractivity contribution is -0.116. The van der Waals surface area contributed by atoms with Crippen LogP contribution in [0.25, 0.3) is 22.6 Å². The van der Waals surface area contributed by atoms with E-state index in [1.807, 2.05) is 54.7 Å². The predicted molar refractivity (Wildman–Crippen MR) is 92.8 cm³/mol. The van der Waals surface area contributed by atoms with Gasteiger partial charge in [-0.2, -0.15) is 0 Å². The number of carbonyl (C=O) groups excluding carboxylic acids is 1. The maximum atomic E-state index is 12.1. The fourth-order valence-corrected chi connectivity index (χ4v) is 3.12. The van der Waals surface area contributed by atoms with E-state index in [9.17, 15) is 4.79 Å². The molecule has 120 valence electrons. The number of rotatable bonds is 2. The summed E-state index contributed by atoms with van der Waals surface area (Å²) in [6, 6.07) is 15.7. The number of hydrogen-bond acceptors (Lipinski definition) is 3. The molecule has 1 aromatic heterocycles. The van der Waals surface area contributed by atoms with E-state index in [4.69, 9.17) is 4.74 Å². The molecule has 0 saturated carbocycles. The van der Waals surface area contributed by atoms with Gasteiger partial charge >= 0.3 is 0 Å². The molecule has 0 N–H and O–H groups in total.